The first-order valence-electron chi connectivity index (χ1n) is 5.20. The van der Waals surface area contributed by atoms with Crippen LogP contribution in [-0.4, -0.2) is 24.8 Å². The molecule has 4 nitrogen and oxygen atoms in total. The van der Waals surface area contributed by atoms with E-state index in [0.717, 1.165) is 12.1 Å². The largest absolute Gasteiger partial charge is 0.481 e. The Morgan fingerprint density at radius 2 is 2.33 bits per heavy atom. The normalized spacial score (nSPS) is 11.2. The van der Waals surface area contributed by atoms with E-state index in [-0.39, 0.29) is 17.9 Å². The summed E-state index contributed by atoms with van der Waals surface area (Å²) in [4.78, 5) is 22.0. The van der Waals surface area contributed by atoms with E-state index in [0.29, 0.717) is 6.29 Å². The zero-order valence-electron chi connectivity index (χ0n) is 9.77. The number of aldehydes is 1. The zero-order valence-corrected chi connectivity index (χ0v) is 9.77. The molecule has 1 unspecified atom stereocenters. The molecule has 1 amide bonds. The minimum absolute atomic E-state index is 0.0925. The van der Waals surface area contributed by atoms with Gasteiger partial charge in [0.05, 0.1) is 6.54 Å². The summed E-state index contributed by atoms with van der Waals surface area (Å²) in [5.41, 5.74) is 0.140. The molecule has 5 heteroatoms. The van der Waals surface area contributed by atoms with Crippen molar-refractivity contribution in [2.75, 3.05) is 6.54 Å². The van der Waals surface area contributed by atoms with Crippen LogP contribution in [0, 0.1) is 18.2 Å². The van der Waals surface area contributed by atoms with Gasteiger partial charge < -0.3 is 10.1 Å². The van der Waals surface area contributed by atoms with Gasteiger partial charge in [0, 0.05) is 11.6 Å². The molecule has 0 spiro atoms. The first-order valence-corrected chi connectivity index (χ1v) is 5.20. The van der Waals surface area contributed by atoms with Gasteiger partial charge in [-0.05, 0) is 19.1 Å². The van der Waals surface area contributed by atoms with E-state index in [1.165, 1.54) is 13.0 Å². The van der Waals surface area contributed by atoms with E-state index in [1.807, 2.05) is 0 Å². The maximum atomic E-state index is 13.1. The second-order valence-corrected chi connectivity index (χ2v) is 3.52. The Labute approximate surface area is 104 Å². The molecule has 0 heterocycles. The first-order chi connectivity index (χ1) is 8.56. The maximum absolute atomic E-state index is 13.1. The molecule has 0 aliphatic rings. The minimum Gasteiger partial charge on any atom is -0.481 e. The predicted molar refractivity (Wildman–Crippen MR) is 63.7 cm³/mol. The molecule has 0 aliphatic heterocycles. The van der Waals surface area contributed by atoms with Crippen LogP contribution in [0.25, 0.3) is 0 Å². The van der Waals surface area contributed by atoms with E-state index in [4.69, 9.17) is 11.2 Å². The molecule has 1 aromatic rings. The number of hydrogen-bond acceptors (Lipinski definition) is 3. The average molecular weight is 249 g/mol. The van der Waals surface area contributed by atoms with Gasteiger partial charge in [-0.2, -0.15) is 0 Å². The lowest BCUT2D eigenvalue weighted by molar-refractivity contribution is -0.127. The number of ether oxygens (including phenoxy) is 1. The summed E-state index contributed by atoms with van der Waals surface area (Å²) < 4.78 is 18.3. The third-order valence-electron chi connectivity index (χ3n) is 2.08. The second kappa shape index (κ2) is 6.40. The molecule has 1 rings (SSSR count). The SMILES string of the molecule is C#CCNC(=O)C(C)Oc1cc(F)cc(C=O)c1. The lowest BCUT2D eigenvalue weighted by atomic mass is 10.2. The highest BCUT2D eigenvalue weighted by Crippen LogP contribution is 2.16. The molecule has 1 atom stereocenters. The van der Waals surface area contributed by atoms with Crippen molar-refractivity contribution in [3.05, 3.63) is 29.6 Å². The Balaban J connectivity index is 2.72. The smallest absolute Gasteiger partial charge is 0.261 e. The quantitative estimate of drug-likeness (QED) is 0.629. The second-order valence-electron chi connectivity index (χ2n) is 3.52. The van der Waals surface area contributed by atoms with E-state index >= 15 is 0 Å². The van der Waals surface area contributed by atoms with Crippen LogP contribution < -0.4 is 10.1 Å². The molecule has 0 bridgehead atoms. The predicted octanol–water partition coefficient (Wildman–Crippen LogP) is 1.15. The molecule has 18 heavy (non-hydrogen) atoms. The number of nitrogens with one attached hydrogen (secondary N) is 1. The monoisotopic (exact) mass is 249 g/mol. The van der Waals surface area contributed by atoms with E-state index in [9.17, 15) is 14.0 Å². The van der Waals surface area contributed by atoms with Crippen LogP contribution in [0.1, 0.15) is 17.3 Å². The van der Waals surface area contributed by atoms with Gasteiger partial charge in [-0.25, -0.2) is 4.39 Å². The molecule has 1 N–H and O–H groups in total. The van der Waals surface area contributed by atoms with Gasteiger partial charge in [-0.15, -0.1) is 6.42 Å². The van der Waals surface area contributed by atoms with Crippen LogP contribution in [0.4, 0.5) is 4.39 Å². The Morgan fingerprint density at radius 3 is 2.94 bits per heavy atom. The highest BCUT2D eigenvalue weighted by Gasteiger charge is 2.14. The lowest BCUT2D eigenvalue weighted by Crippen LogP contribution is -2.36. The molecule has 94 valence electrons. The minimum atomic E-state index is -0.834. The van der Waals surface area contributed by atoms with Gasteiger partial charge in [-0.1, -0.05) is 5.92 Å². The molecular formula is C13H12FNO3. The highest BCUT2D eigenvalue weighted by atomic mass is 19.1. The molecule has 0 saturated heterocycles. The van der Waals surface area contributed by atoms with Gasteiger partial charge in [0.25, 0.3) is 5.91 Å². The number of benzene rings is 1. The first kappa shape index (κ1) is 13.7. The van der Waals surface area contributed by atoms with Crippen LogP contribution in [0.5, 0.6) is 5.75 Å². The summed E-state index contributed by atoms with van der Waals surface area (Å²) in [7, 11) is 0. The molecule has 0 aromatic heterocycles. The summed E-state index contributed by atoms with van der Waals surface area (Å²) in [6, 6.07) is 3.52. The van der Waals surface area contributed by atoms with Gasteiger partial charge in [0.15, 0.2) is 6.10 Å². The van der Waals surface area contributed by atoms with Crippen molar-refractivity contribution in [2.45, 2.75) is 13.0 Å². The molecular weight excluding hydrogens is 237 g/mol. The van der Waals surface area contributed by atoms with Crippen molar-refractivity contribution in [2.24, 2.45) is 0 Å². The van der Waals surface area contributed by atoms with Crippen LogP contribution in [0.3, 0.4) is 0 Å². The van der Waals surface area contributed by atoms with E-state index < -0.39 is 17.8 Å². The van der Waals surface area contributed by atoms with Crippen molar-refractivity contribution in [3.63, 3.8) is 0 Å². The van der Waals surface area contributed by atoms with Gasteiger partial charge >= 0.3 is 0 Å². The molecule has 0 radical (unpaired) electrons. The fraction of sp³-hybridized carbons (Fsp3) is 0.231. The molecule has 0 fully saturated rings. The fourth-order valence-corrected chi connectivity index (χ4v) is 1.26. The van der Waals surface area contributed by atoms with Crippen molar-refractivity contribution in [1.29, 1.82) is 0 Å². The number of carbonyl (C=O) groups is 2. The summed E-state index contributed by atoms with van der Waals surface area (Å²) in [5.74, 6) is 1.34. The van der Waals surface area contributed by atoms with Gasteiger partial charge in [0.1, 0.15) is 17.9 Å². The molecule has 1 aromatic carbocycles. The Hall–Kier alpha value is -2.35. The summed E-state index contributed by atoms with van der Waals surface area (Å²) in [5, 5.41) is 2.43. The molecule has 0 saturated carbocycles. The fourth-order valence-electron chi connectivity index (χ4n) is 1.26. The van der Waals surface area contributed by atoms with Crippen LogP contribution in [0.15, 0.2) is 18.2 Å². The van der Waals surface area contributed by atoms with Gasteiger partial charge in [-0.3, -0.25) is 9.59 Å². The number of halogens is 1. The number of hydrogen-bond donors (Lipinski definition) is 1. The Kier molecular flexibility index (Phi) is 4.88. The average Bonchev–Trinajstić information content (AvgIpc) is 2.34. The van der Waals surface area contributed by atoms with Crippen molar-refractivity contribution in [1.82, 2.24) is 5.32 Å². The van der Waals surface area contributed by atoms with E-state index in [2.05, 4.69) is 11.2 Å². The maximum Gasteiger partial charge on any atom is 0.261 e. The summed E-state index contributed by atoms with van der Waals surface area (Å²) >= 11 is 0. The molecule has 0 aliphatic carbocycles. The Morgan fingerprint density at radius 1 is 1.61 bits per heavy atom. The summed E-state index contributed by atoms with van der Waals surface area (Å²) in [6.45, 7) is 1.59. The standard InChI is InChI=1S/C13H12FNO3/c1-3-4-15-13(17)9(2)18-12-6-10(8-16)5-11(14)7-12/h1,5-9H,4H2,2H3,(H,15,17). The topological polar surface area (TPSA) is 55.4 Å². The van der Waals surface area contributed by atoms with Gasteiger partial charge in [0.2, 0.25) is 0 Å². The van der Waals surface area contributed by atoms with Crippen LogP contribution >= 0.6 is 0 Å². The van der Waals surface area contributed by atoms with Crippen LogP contribution in [-0.2, 0) is 4.79 Å². The highest BCUT2D eigenvalue weighted by molar-refractivity contribution is 5.81. The van der Waals surface area contributed by atoms with Crippen molar-refractivity contribution < 1.29 is 18.7 Å². The summed E-state index contributed by atoms with van der Waals surface area (Å²) in [6.07, 6.45) is 4.66. The number of terminal acetylenes is 1. The van der Waals surface area contributed by atoms with Crippen molar-refractivity contribution >= 4 is 12.2 Å². The zero-order chi connectivity index (χ0) is 13.5. The van der Waals surface area contributed by atoms with Crippen LogP contribution in [0.2, 0.25) is 0 Å². The van der Waals surface area contributed by atoms with E-state index in [1.54, 1.807) is 0 Å². The Bertz CT molecular complexity index is 493. The number of rotatable bonds is 5. The third-order valence-corrected chi connectivity index (χ3v) is 2.08. The number of carbonyl (C=O) groups excluding carboxylic acids is 2. The lowest BCUT2D eigenvalue weighted by Gasteiger charge is -2.14. The third kappa shape index (κ3) is 3.91. The number of amides is 1. The van der Waals surface area contributed by atoms with Crippen molar-refractivity contribution in [3.8, 4) is 18.1 Å².